The van der Waals surface area contributed by atoms with Gasteiger partial charge in [0.1, 0.15) is 0 Å². The average Bonchev–Trinajstić information content (AvgIpc) is 2.68. The predicted octanol–water partition coefficient (Wildman–Crippen LogP) is 1.71. The number of morpholine rings is 1. The van der Waals surface area contributed by atoms with E-state index in [9.17, 15) is 0 Å². The first-order valence-electron chi connectivity index (χ1n) is 8.19. The van der Waals surface area contributed by atoms with E-state index in [4.69, 9.17) is 4.74 Å². The molecule has 2 aliphatic rings. The molecule has 0 spiro atoms. The third kappa shape index (κ3) is 3.96. The van der Waals surface area contributed by atoms with Gasteiger partial charge >= 0.3 is 0 Å². The third-order valence-electron chi connectivity index (χ3n) is 4.47. The van der Waals surface area contributed by atoms with Gasteiger partial charge in [-0.15, -0.1) is 0 Å². The minimum atomic E-state index is 0.542. The summed E-state index contributed by atoms with van der Waals surface area (Å²) in [6.07, 6.45) is 1.22. The van der Waals surface area contributed by atoms with Crippen molar-refractivity contribution in [2.45, 2.75) is 25.9 Å². The van der Waals surface area contributed by atoms with E-state index in [-0.39, 0.29) is 0 Å². The maximum Gasteiger partial charge on any atom is 0.0594 e. The molecule has 0 bridgehead atoms. The molecule has 2 aliphatic heterocycles. The zero-order valence-electron chi connectivity index (χ0n) is 13.1. The molecule has 1 N–H and O–H groups in total. The van der Waals surface area contributed by atoms with Crippen LogP contribution in [-0.2, 0) is 11.3 Å². The molecule has 4 heteroatoms. The van der Waals surface area contributed by atoms with Gasteiger partial charge in [0.25, 0.3) is 0 Å². The van der Waals surface area contributed by atoms with Crippen molar-refractivity contribution < 1.29 is 4.74 Å². The first kappa shape index (κ1) is 14.8. The normalized spacial score (nSPS) is 23.7. The second-order valence-corrected chi connectivity index (χ2v) is 6.16. The van der Waals surface area contributed by atoms with Gasteiger partial charge in [-0.1, -0.05) is 18.2 Å². The minimum absolute atomic E-state index is 0.542. The third-order valence-corrected chi connectivity index (χ3v) is 4.47. The van der Waals surface area contributed by atoms with Gasteiger partial charge in [-0.3, -0.25) is 4.90 Å². The van der Waals surface area contributed by atoms with Crippen molar-refractivity contribution in [2.24, 2.45) is 0 Å². The first-order chi connectivity index (χ1) is 10.3. The van der Waals surface area contributed by atoms with E-state index in [1.807, 2.05) is 0 Å². The Bertz CT molecular complexity index is 445. The zero-order chi connectivity index (χ0) is 14.5. The van der Waals surface area contributed by atoms with Gasteiger partial charge in [-0.2, -0.15) is 0 Å². The molecule has 0 aromatic heterocycles. The summed E-state index contributed by atoms with van der Waals surface area (Å²) in [6.45, 7) is 10.7. The van der Waals surface area contributed by atoms with Crippen LogP contribution in [0.15, 0.2) is 24.3 Å². The van der Waals surface area contributed by atoms with Crippen LogP contribution in [0.1, 0.15) is 18.9 Å². The molecule has 0 saturated carbocycles. The number of benzene rings is 1. The number of rotatable bonds is 4. The van der Waals surface area contributed by atoms with E-state index in [1.54, 1.807) is 0 Å². The summed E-state index contributed by atoms with van der Waals surface area (Å²) in [7, 11) is 0. The largest absolute Gasteiger partial charge is 0.379 e. The van der Waals surface area contributed by atoms with Gasteiger partial charge < -0.3 is 15.0 Å². The number of ether oxygens (including phenoxy) is 1. The average molecular weight is 289 g/mol. The number of nitrogens with zero attached hydrogens (tertiary/aromatic N) is 2. The van der Waals surface area contributed by atoms with Crippen LogP contribution in [0, 0.1) is 0 Å². The molecule has 1 aromatic rings. The molecule has 1 atom stereocenters. The van der Waals surface area contributed by atoms with E-state index in [2.05, 4.69) is 46.3 Å². The minimum Gasteiger partial charge on any atom is -0.379 e. The maximum atomic E-state index is 5.41. The van der Waals surface area contributed by atoms with Crippen LogP contribution in [0.3, 0.4) is 0 Å². The monoisotopic (exact) mass is 289 g/mol. The molecule has 1 unspecified atom stereocenters. The molecule has 21 heavy (non-hydrogen) atoms. The van der Waals surface area contributed by atoms with Crippen LogP contribution in [0.25, 0.3) is 0 Å². The van der Waals surface area contributed by atoms with Gasteiger partial charge in [-0.05, 0) is 25.0 Å². The number of anilines is 1. The number of hydrogen-bond donors (Lipinski definition) is 1. The Balaban J connectivity index is 1.57. The summed E-state index contributed by atoms with van der Waals surface area (Å²) in [5.74, 6) is 0. The van der Waals surface area contributed by atoms with Gasteiger partial charge in [0.15, 0.2) is 0 Å². The quantitative estimate of drug-likeness (QED) is 0.913. The van der Waals surface area contributed by atoms with Crippen LogP contribution in [-0.4, -0.2) is 56.9 Å². The Morgan fingerprint density at radius 3 is 2.86 bits per heavy atom. The van der Waals surface area contributed by atoms with Crippen LogP contribution in [0.2, 0.25) is 0 Å². The molecule has 4 nitrogen and oxygen atoms in total. The molecule has 2 heterocycles. The summed E-state index contributed by atoms with van der Waals surface area (Å²) in [6, 6.07) is 9.35. The lowest BCUT2D eigenvalue weighted by molar-refractivity contribution is 0.0376. The highest BCUT2D eigenvalue weighted by atomic mass is 16.5. The lowest BCUT2D eigenvalue weighted by Gasteiger charge is -2.30. The van der Waals surface area contributed by atoms with Gasteiger partial charge in [0.05, 0.1) is 13.2 Å². The van der Waals surface area contributed by atoms with Crippen LogP contribution >= 0.6 is 0 Å². The second kappa shape index (κ2) is 7.25. The van der Waals surface area contributed by atoms with Crippen molar-refractivity contribution in [3.8, 4) is 0 Å². The van der Waals surface area contributed by atoms with Crippen molar-refractivity contribution in [2.75, 3.05) is 50.8 Å². The van der Waals surface area contributed by atoms with Gasteiger partial charge in [0.2, 0.25) is 0 Å². The molecule has 0 amide bonds. The standard InChI is InChI=1S/C17H27N3O/c1-15-14-20(8-4-7-19-9-11-21-12-10-19)17-6-3-2-5-16(17)13-18-15/h2-3,5-6,15,18H,4,7-14H2,1H3. The summed E-state index contributed by atoms with van der Waals surface area (Å²) < 4.78 is 5.41. The first-order valence-corrected chi connectivity index (χ1v) is 8.19. The Labute approximate surface area is 128 Å². The topological polar surface area (TPSA) is 27.7 Å². The molecular formula is C17H27N3O. The predicted molar refractivity (Wildman–Crippen MR) is 86.8 cm³/mol. The highest BCUT2D eigenvalue weighted by molar-refractivity contribution is 5.54. The fourth-order valence-corrected chi connectivity index (χ4v) is 3.27. The summed E-state index contributed by atoms with van der Waals surface area (Å²) in [4.78, 5) is 5.08. The smallest absolute Gasteiger partial charge is 0.0594 e. The number of hydrogen-bond acceptors (Lipinski definition) is 4. The lowest BCUT2D eigenvalue weighted by Crippen LogP contribution is -2.40. The number of para-hydroxylation sites is 1. The van der Waals surface area contributed by atoms with Gasteiger partial charge in [0, 0.05) is 51.0 Å². The fraction of sp³-hybridized carbons (Fsp3) is 0.647. The Hall–Kier alpha value is -1.10. The fourth-order valence-electron chi connectivity index (χ4n) is 3.27. The van der Waals surface area contributed by atoms with Crippen molar-refractivity contribution in [3.63, 3.8) is 0 Å². The van der Waals surface area contributed by atoms with Crippen molar-refractivity contribution >= 4 is 5.69 Å². The van der Waals surface area contributed by atoms with Crippen LogP contribution in [0.4, 0.5) is 5.69 Å². The van der Waals surface area contributed by atoms with E-state index in [0.717, 1.165) is 45.9 Å². The van der Waals surface area contributed by atoms with Gasteiger partial charge in [-0.25, -0.2) is 0 Å². The van der Waals surface area contributed by atoms with E-state index < -0.39 is 0 Å². The van der Waals surface area contributed by atoms with E-state index in [1.165, 1.54) is 24.2 Å². The zero-order valence-corrected chi connectivity index (χ0v) is 13.1. The molecular weight excluding hydrogens is 262 g/mol. The molecule has 0 aliphatic carbocycles. The lowest BCUT2D eigenvalue weighted by atomic mass is 10.1. The Kier molecular flexibility index (Phi) is 5.12. The molecule has 3 rings (SSSR count). The van der Waals surface area contributed by atoms with E-state index >= 15 is 0 Å². The SMILES string of the molecule is CC1CN(CCCN2CCOCC2)c2ccccc2CN1. The Morgan fingerprint density at radius 1 is 1.19 bits per heavy atom. The summed E-state index contributed by atoms with van der Waals surface area (Å²) >= 11 is 0. The molecule has 116 valence electrons. The van der Waals surface area contributed by atoms with Crippen LogP contribution in [0.5, 0.6) is 0 Å². The maximum absolute atomic E-state index is 5.41. The molecule has 1 saturated heterocycles. The summed E-state index contributed by atoms with van der Waals surface area (Å²) in [5.41, 5.74) is 2.84. The second-order valence-electron chi connectivity index (χ2n) is 6.16. The summed E-state index contributed by atoms with van der Waals surface area (Å²) in [5, 5.41) is 3.60. The number of nitrogens with one attached hydrogen (secondary N) is 1. The molecule has 0 radical (unpaired) electrons. The van der Waals surface area contributed by atoms with Crippen LogP contribution < -0.4 is 10.2 Å². The number of fused-ring (bicyclic) bond motifs is 1. The van der Waals surface area contributed by atoms with Crippen molar-refractivity contribution in [3.05, 3.63) is 29.8 Å². The highest BCUT2D eigenvalue weighted by Crippen LogP contribution is 2.23. The van der Waals surface area contributed by atoms with Crippen molar-refractivity contribution in [1.29, 1.82) is 0 Å². The molecule has 1 fully saturated rings. The Morgan fingerprint density at radius 2 is 2.00 bits per heavy atom. The molecule has 1 aromatic carbocycles. The van der Waals surface area contributed by atoms with E-state index in [0.29, 0.717) is 6.04 Å². The van der Waals surface area contributed by atoms with Crippen molar-refractivity contribution in [1.82, 2.24) is 10.2 Å². The highest BCUT2D eigenvalue weighted by Gasteiger charge is 2.18.